The molecule has 8 nitrogen and oxygen atoms in total. The Morgan fingerprint density at radius 1 is 1.18 bits per heavy atom. The summed E-state index contributed by atoms with van der Waals surface area (Å²) in [5.41, 5.74) is 1.60. The zero-order valence-corrected chi connectivity index (χ0v) is 16.2. The number of aromatic nitrogens is 3. The highest BCUT2D eigenvalue weighted by molar-refractivity contribution is 5.74. The van der Waals surface area contributed by atoms with Gasteiger partial charge in [0.1, 0.15) is 11.4 Å². The molecule has 150 valence electrons. The Morgan fingerprint density at radius 2 is 1.96 bits per heavy atom. The normalized spacial score (nSPS) is 19.9. The Kier molecular flexibility index (Phi) is 5.76. The molecule has 0 bridgehead atoms. The molecule has 8 heteroatoms. The van der Waals surface area contributed by atoms with Crippen LogP contribution in [0.3, 0.4) is 0 Å². The van der Waals surface area contributed by atoms with Crippen LogP contribution < -0.4 is 10.1 Å². The SMILES string of the molecule is COc1ccc(-n2cc(CNC(=O)N3CCCC(OC4CCC4)C3)nn2)cc1. The molecule has 2 amide bonds. The lowest BCUT2D eigenvalue weighted by atomic mass is 9.95. The predicted molar refractivity (Wildman–Crippen MR) is 103 cm³/mol. The fourth-order valence-corrected chi connectivity index (χ4v) is 3.53. The van der Waals surface area contributed by atoms with E-state index < -0.39 is 0 Å². The molecule has 1 saturated carbocycles. The number of carbonyl (C=O) groups excluding carboxylic acids is 1. The molecule has 0 spiro atoms. The fraction of sp³-hybridized carbons (Fsp3) is 0.550. The van der Waals surface area contributed by atoms with Crippen LogP contribution >= 0.6 is 0 Å². The molecule has 2 aliphatic rings. The van der Waals surface area contributed by atoms with E-state index in [1.54, 1.807) is 11.8 Å². The summed E-state index contributed by atoms with van der Waals surface area (Å²) in [4.78, 5) is 14.4. The molecule has 1 N–H and O–H groups in total. The molecular weight excluding hydrogens is 358 g/mol. The van der Waals surface area contributed by atoms with Crippen molar-refractivity contribution in [2.24, 2.45) is 0 Å². The van der Waals surface area contributed by atoms with Gasteiger partial charge in [0, 0.05) is 13.1 Å². The number of methoxy groups -OCH3 is 1. The Labute approximate surface area is 164 Å². The van der Waals surface area contributed by atoms with E-state index >= 15 is 0 Å². The minimum absolute atomic E-state index is 0.0686. The first kappa shape index (κ1) is 18.7. The Hall–Kier alpha value is -2.61. The zero-order chi connectivity index (χ0) is 19.3. The van der Waals surface area contributed by atoms with Crippen molar-refractivity contribution in [1.82, 2.24) is 25.2 Å². The van der Waals surface area contributed by atoms with Crippen LogP contribution in [0.5, 0.6) is 5.75 Å². The number of carbonyl (C=O) groups is 1. The second kappa shape index (κ2) is 8.60. The van der Waals surface area contributed by atoms with E-state index in [0.29, 0.717) is 24.9 Å². The van der Waals surface area contributed by atoms with Crippen LogP contribution in [0.2, 0.25) is 0 Å². The van der Waals surface area contributed by atoms with Gasteiger partial charge in [-0.25, -0.2) is 9.48 Å². The van der Waals surface area contributed by atoms with Gasteiger partial charge in [-0.1, -0.05) is 5.21 Å². The van der Waals surface area contributed by atoms with Gasteiger partial charge in [-0.2, -0.15) is 0 Å². The summed E-state index contributed by atoms with van der Waals surface area (Å²) in [5.74, 6) is 0.789. The molecule has 4 rings (SSSR count). The monoisotopic (exact) mass is 385 g/mol. The number of nitrogens with zero attached hydrogens (tertiary/aromatic N) is 4. The summed E-state index contributed by atoms with van der Waals surface area (Å²) >= 11 is 0. The van der Waals surface area contributed by atoms with E-state index in [1.807, 2.05) is 35.4 Å². The lowest BCUT2D eigenvalue weighted by molar-refractivity contribution is -0.0720. The van der Waals surface area contributed by atoms with E-state index in [4.69, 9.17) is 9.47 Å². The largest absolute Gasteiger partial charge is 0.497 e. The number of likely N-dealkylation sites (tertiary alicyclic amines) is 1. The molecule has 1 saturated heterocycles. The van der Waals surface area contributed by atoms with Crippen molar-refractivity contribution < 1.29 is 14.3 Å². The van der Waals surface area contributed by atoms with E-state index in [2.05, 4.69) is 15.6 Å². The molecule has 2 fully saturated rings. The standard InChI is InChI=1S/C20H27N5O3/c1-27-17-9-7-16(8-10-17)25-13-15(22-23-25)12-21-20(26)24-11-3-6-19(14-24)28-18-4-2-5-18/h7-10,13,18-19H,2-6,11-12,14H2,1H3,(H,21,26). The van der Waals surface area contributed by atoms with Crippen molar-refractivity contribution in [2.75, 3.05) is 20.2 Å². The van der Waals surface area contributed by atoms with Gasteiger partial charge < -0.3 is 19.7 Å². The molecule has 2 heterocycles. The van der Waals surface area contributed by atoms with E-state index in [0.717, 1.165) is 43.7 Å². The highest BCUT2D eigenvalue weighted by atomic mass is 16.5. The summed E-state index contributed by atoms with van der Waals surface area (Å²) in [5, 5.41) is 11.2. The van der Waals surface area contributed by atoms with Crippen LogP contribution in [0.25, 0.3) is 5.69 Å². The molecule has 1 aromatic heterocycles. The topological polar surface area (TPSA) is 81.5 Å². The summed E-state index contributed by atoms with van der Waals surface area (Å²) in [6.45, 7) is 1.79. The van der Waals surface area contributed by atoms with E-state index in [-0.39, 0.29) is 12.1 Å². The number of ether oxygens (including phenoxy) is 2. The summed E-state index contributed by atoms with van der Waals surface area (Å²) < 4.78 is 12.9. The highest BCUT2D eigenvalue weighted by Gasteiger charge is 2.28. The van der Waals surface area contributed by atoms with Crippen molar-refractivity contribution in [3.05, 3.63) is 36.2 Å². The van der Waals surface area contributed by atoms with Gasteiger partial charge in [0.05, 0.1) is 37.7 Å². The second-order valence-corrected chi connectivity index (χ2v) is 7.41. The van der Waals surface area contributed by atoms with Crippen molar-refractivity contribution in [3.8, 4) is 11.4 Å². The van der Waals surface area contributed by atoms with E-state index in [1.165, 1.54) is 6.42 Å². The molecule has 0 radical (unpaired) electrons. The lowest BCUT2D eigenvalue weighted by Gasteiger charge is -2.37. The van der Waals surface area contributed by atoms with Crippen LogP contribution in [0.1, 0.15) is 37.8 Å². The second-order valence-electron chi connectivity index (χ2n) is 7.41. The number of hydrogen-bond acceptors (Lipinski definition) is 5. The summed E-state index contributed by atoms with van der Waals surface area (Å²) in [6, 6.07) is 7.49. The number of hydrogen-bond donors (Lipinski definition) is 1. The molecular formula is C20H27N5O3. The average Bonchev–Trinajstić information content (AvgIpc) is 3.18. The molecule has 1 atom stereocenters. The van der Waals surface area contributed by atoms with E-state index in [9.17, 15) is 4.79 Å². The molecule has 1 unspecified atom stereocenters. The first-order chi connectivity index (χ1) is 13.7. The van der Waals surface area contributed by atoms with Gasteiger partial charge in [0.15, 0.2) is 0 Å². The smallest absolute Gasteiger partial charge is 0.317 e. The first-order valence-corrected chi connectivity index (χ1v) is 9.95. The average molecular weight is 385 g/mol. The fourth-order valence-electron chi connectivity index (χ4n) is 3.53. The molecule has 1 aliphatic carbocycles. The minimum atomic E-state index is -0.0686. The highest BCUT2D eigenvalue weighted by Crippen LogP contribution is 2.26. The van der Waals surface area contributed by atoms with Gasteiger partial charge in [0.25, 0.3) is 0 Å². The number of amides is 2. The third-order valence-corrected chi connectivity index (χ3v) is 5.40. The number of urea groups is 1. The first-order valence-electron chi connectivity index (χ1n) is 9.95. The lowest BCUT2D eigenvalue weighted by Crippen LogP contribution is -2.48. The molecule has 1 aromatic carbocycles. The van der Waals surface area contributed by atoms with Crippen LogP contribution in [0, 0.1) is 0 Å². The molecule has 28 heavy (non-hydrogen) atoms. The number of rotatable bonds is 6. The van der Waals surface area contributed by atoms with Crippen molar-refractivity contribution in [2.45, 2.75) is 50.9 Å². The van der Waals surface area contributed by atoms with Gasteiger partial charge in [-0.05, 0) is 56.4 Å². The predicted octanol–water partition coefficient (Wildman–Crippen LogP) is 2.52. The van der Waals surface area contributed by atoms with Crippen molar-refractivity contribution in [1.29, 1.82) is 0 Å². The minimum Gasteiger partial charge on any atom is -0.497 e. The van der Waals surface area contributed by atoms with Gasteiger partial charge in [-0.3, -0.25) is 0 Å². The van der Waals surface area contributed by atoms with Crippen LogP contribution in [-0.4, -0.2) is 58.3 Å². The Morgan fingerprint density at radius 3 is 2.68 bits per heavy atom. The van der Waals surface area contributed by atoms with Crippen LogP contribution in [-0.2, 0) is 11.3 Å². The number of benzene rings is 1. The maximum Gasteiger partial charge on any atom is 0.317 e. The van der Waals surface area contributed by atoms with Crippen LogP contribution in [0.15, 0.2) is 30.5 Å². The Bertz CT molecular complexity index is 787. The third-order valence-electron chi connectivity index (χ3n) is 5.40. The Balaban J connectivity index is 1.27. The maximum absolute atomic E-state index is 12.5. The number of nitrogens with one attached hydrogen (secondary N) is 1. The summed E-state index contributed by atoms with van der Waals surface area (Å²) in [6.07, 6.45) is 8.00. The number of piperidine rings is 1. The zero-order valence-electron chi connectivity index (χ0n) is 16.2. The van der Waals surface area contributed by atoms with Crippen molar-refractivity contribution in [3.63, 3.8) is 0 Å². The quantitative estimate of drug-likeness (QED) is 0.826. The third kappa shape index (κ3) is 4.44. The molecule has 1 aliphatic heterocycles. The maximum atomic E-state index is 12.5. The van der Waals surface area contributed by atoms with Crippen molar-refractivity contribution >= 4 is 6.03 Å². The van der Waals surface area contributed by atoms with Gasteiger partial charge >= 0.3 is 6.03 Å². The van der Waals surface area contributed by atoms with Crippen LogP contribution in [0.4, 0.5) is 4.79 Å². The van der Waals surface area contributed by atoms with Gasteiger partial charge in [-0.15, -0.1) is 5.10 Å². The van der Waals surface area contributed by atoms with Gasteiger partial charge in [0.2, 0.25) is 0 Å². The summed E-state index contributed by atoms with van der Waals surface area (Å²) in [7, 11) is 1.63. The molecule has 2 aromatic rings.